The molecule has 0 bridgehead atoms. The van der Waals surface area contributed by atoms with E-state index in [0.717, 1.165) is 36.8 Å². The minimum atomic E-state index is 0.571. The van der Waals surface area contributed by atoms with Gasteiger partial charge in [-0.1, -0.05) is 62.4 Å². The molecule has 0 N–H and O–H groups in total. The van der Waals surface area contributed by atoms with Gasteiger partial charge in [0.25, 0.3) is 0 Å². The molecule has 1 radical (unpaired) electrons. The first-order valence-electron chi connectivity index (χ1n) is 13.0. The number of hydrogen-bond acceptors (Lipinski definition) is 2. The van der Waals surface area contributed by atoms with Gasteiger partial charge >= 0.3 is 0 Å². The number of benzene rings is 2. The van der Waals surface area contributed by atoms with Crippen molar-refractivity contribution in [3.63, 3.8) is 0 Å². The van der Waals surface area contributed by atoms with Gasteiger partial charge in [0.1, 0.15) is 0 Å². The number of nitrogens with zero attached hydrogens (tertiary/aromatic N) is 3. The third kappa shape index (κ3) is 4.08. The molecule has 2 aromatic carbocycles. The summed E-state index contributed by atoms with van der Waals surface area (Å²) >= 11 is 0. The number of aromatic nitrogens is 3. The lowest BCUT2D eigenvalue weighted by atomic mass is 9.70. The second-order valence-corrected chi connectivity index (χ2v) is 10.4. The van der Waals surface area contributed by atoms with E-state index in [-0.39, 0.29) is 0 Å². The van der Waals surface area contributed by atoms with Gasteiger partial charge in [-0.15, -0.1) is 0 Å². The van der Waals surface area contributed by atoms with Crippen LogP contribution in [0, 0.1) is 6.92 Å². The molecule has 1 unspecified atom stereocenters. The lowest BCUT2D eigenvalue weighted by Gasteiger charge is -2.14. The number of fused-ring (bicyclic) bond motifs is 2. The molecule has 3 nitrogen and oxygen atoms in total. The largest absolute Gasteiger partial charge is 0.268 e. The van der Waals surface area contributed by atoms with Crippen molar-refractivity contribution < 1.29 is 0 Å². The summed E-state index contributed by atoms with van der Waals surface area (Å²) in [4.78, 5) is 5.21. The Morgan fingerprint density at radius 2 is 1.82 bits per heavy atom. The molecule has 0 spiro atoms. The van der Waals surface area contributed by atoms with Gasteiger partial charge in [0.2, 0.25) is 0 Å². The van der Waals surface area contributed by atoms with Crippen molar-refractivity contribution in [2.75, 3.05) is 0 Å². The zero-order chi connectivity index (χ0) is 23.2. The van der Waals surface area contributed by atoms with Crippen molar-refractivity contribution >= 4 is 23.6 Å². The minimum absolute atomic E-state index is 0.571. The van der Waals surface area contributed by atoms with Gasteiger partial charge in [0.15, 0.2) is 7.28 Å². The molecule has 34 heavy (non-hydrogen) atoms. The average molecular weight is 446 g/mol. The zero-order valence-electron chi connectivity index (χ0n) is 20.6. The fourth-order valence-electron chi connectivity index (χ4n) is 5.49. The molecule has 6 rings (SSSR count). The highest BCUT2D eigenvalue weighted by Crippen LogP contribution is 2.36. The van der Waals surface area contributed by atoms with E-state index in [1.54, 1.807) is 0 Å². The molecule has 0 saturated heterocycles. The van der Waals surface area contributed by atoms with Crippen molar-refractivity contribution in [3.8, 4) is 11.3 Å². The zero-order valence-corrected chi connectivity index (χ0v) is 20.6. The van der Waals surface area contributed by atoms with Gasteiger partial charge in [0, 0.05) is 17.3 Å². The van der Waals surface area contributed by atoms with Crippen LogP contribution < -0.4 is 5.46 Å². The van der Waals surface area contributed by atoms with Gasteiger partial charge in [-0.3, -0.25) is 9.67 Å². The van der Waals surface area contributed by atoms with Crippen LogP contribution in [0.25, 0.3) is 22.2 Å². The molecular formula is C30H33BN3. The van der Waals surface area contributed by atoms with Crippen LogP contribution in [0.5, 0.6) is 0 Å². The summed E-state index contributed by atoms with van der Waals surface area (Å²) in [5.74, 6) is 0.571. The normalized spacial score (nSPS) is 17.2. The molecule has 1 aliphatic heterocycles. The molecule has 4 aromatic rings. The van der Waals surface area contributed by atoms with Crippen LogP contribution in [0.15, 0.2) is 48.7 Å². The van der Waals surface area contributed by atoms with Crippen LogP contribution in [-0.2, 0) is 19.3 Å². The maximum Gasteiger partial charge on any atom is 0.155 e. The van der Waals surface area contributed by atoms with Gasteiger partial charge in [-0.2, -0.15) is 5.10 Å². The smallest absolute Gasteiger partial charge is 0.155 e. The van der Waals surface area contributed by atoms with E-state index >= 15 is 0 Å². The standard InChI is InChI=1S/C30H33BN3/c1-4-5-21-6-9-23(10-7-21)30-28-27(20(3)17-31-28)16-25(32-30)11-8-22-14-19(2)29-24(15-22)18-34(33-29)26-12-13-26/h6-7,9-10,14-16,18,20,26H,4-5,8,11-13,17H2,1-3H3. The average Bonchev–Trinajstić information content (AvgIpc) is 3.50. The molecule has 2 aliphatic rings. The Hall–Kier alpha value is -2.88. The Bertz CT molecular complexity index is 1350. The van der Waals surface area contributed by atoms with Gasteiger partial charge in [-0.05, 0) is 84.9 Å². The Morgan fingerprint density at radius 3 is 2.59 bits per heavy atom. The number of hydrogen-bond donors (Lipinski definition) is 0. The number of pyridine rings is 1. The minimum Gasteiger partial charge on any atom is -0.268 e. The molecule has 171 valence electrons. The van der Waals surface area contributed by atoms with E-state index in [2.05, 4.69) is 81.4 Å². The lowest BCUT2D eigenvalue weighted by molar-refractivity contribution is 0.649. The molecule has 1 aliphatic carbocycles. The Labute approximate surface area is 203 Å². The molecule has 1 fully saturated rings. The molecule has 1 saturated carbocycles. The molecule has 4 heteroatoms. The summed E-state index contributed by atoms with van der Waals surface area (Å²) in [5, 5.41) is 6.12. The summed E-state index contributed by atoms with van der Waals surface area (Å²) in [6.45, 7) is 6.77. The van der Waals surface area contributed by atoms with Crippen molar-refractivity contribution in [1.29, 1.82) is 0 Å². The summed E-state index contributed by atoms with van der Waals surface area (Å²) in [7, 11) is 2.39. The Kier molecular flexibility index (Phi) is 5.55. The summed E-state index contributed by atoms with van der Waals surface area (Å²) < 4.78 is 2.18. The van der Waals surface area contributed by atoms with Crippen molar-refractivity contribution in [2.24, 2.45) is 0 Å². The summed E-state index contributed by atoms with van der Waals surface area (Å²) in [6.07, 6.45) is 10.2. The second kappa shape index (κ2) is 8.72. The Balaban J connectivity index is 1.29. The molecule has 2 aromatic heterocycles. The highest BCUT2D eigenvalue weighted by molar-refractivity contribution is 6.57. The second-order valence-electron chi connectivity index (χ2n) is 10.4. The van der Waals surface area contributed by atoms with Crippen LogP contribution in [0.2, 0.25) is 6.32 Å². The SMILES string of the molecule is CCCc1ccc(-c2nc(CCc3cc(C)c4nn(C5CC5)cc4c3)cc3c2[B]CC3C)cc1. The van der Waals surface area contributed by atoms with E-state index in [1.807, 2.05) is 0 Å². The van der Waals surface area contributed by atoms with Gasteiger partial charge in [-0.25, -0.2) is 0 Å². The summed E-state index contributed by atoms with van der Waals surface area (Å²) in [6, 6.07) is 16.7. The fourth-order valence-corrected chi connectivity index (χ4v) is 5.49. The first-order valence-corrected chi connectivity index (χ1v) is 13.0. The summed E-state index contributed by atoms with van der Waals surface area (Å²) in [5.41, 5.74) is 11.7. The van der Waals surface area contributed by atoms with Crippen molar-refractivity contribution in [3.05, 3.63) is 76.6 Å². The third-order valence-electron chi connectivity index (χ3n) is 7.58. The van der Waals surface area contributed by atoms with Gasteiger partial charge < -0.3 is 0 Å². The van der Waals surface area contributed by atoms with Crippen LogP contribution in [0.4, 0.5) is 0 Å². The van der Waals surface area contributed by atoms with Crippen LogP contribution >= 0.6 is 0 Å². The first-order chi connectivity index (χ1) is 16.6. The highest BCUT2D eigenvalue weighted by atomic mass is 15.3. The molecule has 3 heterocycles. The maximum absolute atomic E-state index is 5.21. The van der Waals surface area contributed by atoms with E-state index in [1.165, 1.54) is 63.6 Å². The third-order valence-corrected chi connectivity index (χ3v) is 7.58. The maximum atomic E-state index is 5.21. The predicted octanol–water partition coefficient (Wildman–Crippen LogP) is 6.34. The number of rotatable bonds is 7. The van der Waals surface area contributed by atoms with E-state index in [0.29, 0.717) is 12.0 Å². The molecular weight excluding hydrogens is 413 g/mol. The molecule has 1 atom stereocenters. The monoisotopic (exact) mass is 446 g/mol. The predicted molar refractivity (Wildman–Crippen MR) is 142 cm³/mol. The van der Waals surface area contributed by atoms with Crippen LogP contribution in [0.1, 0.15) is 73.0 Å². The highest BCUT2D eigenvalue weighted by Gasteiger charge is 2.26. The Morgan fingerprint density at radius 1 is 1.00 bits per heavy atom. The van der Waals surface area contributed by atoms with Crippen molar-refractivity contribution in [2.45, 2.75) is 77.6 Å². The van der Waals surface area contributed by atoms with Crippen molar-refractivity contribution in [1.82, 2.24) is 14.8 Å². The van der Waals surface area contributed by atoms with E-state index in [9.17, 15) is 0 Å². The quantitative estimate of drug-likeness (QED) is 0.310. The van der Waals surface area contributed by atoms with E-state index < -0.39 is 0 Å². The van der Waals surface area contributed by atoms with Crippen LogP contribution in [-0.4, -0.2) is 22.0 Å². The first kappa shape index (κ1) is 21.6. The number of aryl methyl sites for hydroxylation is 4. The van der Waals surface area contributed by atoms with Crippen LogP contribution in [0.3, 0.4) is 0 Å². The molecule has 0 amide bonds. The lowest BCUT2D eigenvalue weighted by Crippen LogP contribution is -2.18. The van der Waals surface area contributed by atoms with E-state index in [4.69, 9.17) is 10.1 Å². The topological polar surface area (TPSA) is 30.7 Å². The fraction of sp³-hybridized carbons (Fsp3) is 0.400. The van der Waals surface area contributed by atoms with Gasteiger partial charge in [0.05, 0.1) is 17.3 Å².